The van der Waals surface area contributed by atoms with Crippen molar-refractivity contribution in [3.8, 4) is 0 Å². The van der Waals surface area contributed by atoms with E-state index in [9.17, 15) is 13.8 Å². The van der Waals surface area contributed by atoms with E-state index in [1.807, 2.05) is 24.3 Å². The van der Waals surface area contributed by atoms with Crippen molar-refractivity contribution in [2.24, 2.45) is 28.6 Å². The van der Waals surface area contributed by atoms with Crippen LogP contribution in [0.25, 0.3) is 0 Å². The number of ether oxygens (including phenoxy) is 1. The molecule has 1 aliphatic heterocycles. The van der Waals surface area contributed by atoms with Gasteiger partial charge >= 0.3 is 0 Å². The molecule has 1 aromatic carbocycles. The molecule has 5 rings (SSSR count). The van der Waals surface area contributed by atoms with Gasteiger partial charge in [-0.2, -0.15) is 0 Å². The number of amides is 2. The molecule has 4 unspecified atom stereocenters. The van der Waals surface area contributed by atoms with E-state index in [4.69, 9.17) is 4.74 Å². The smallest absolute Gasteiger partial charge is 0.240 e. The molecule has 3 fully saturated rings. The second-order valence-corrected chi connectivity index (χ2v) is 12.1. The van der Waals surface area contributed by atoms with Gasteiger partial charge in [0.1, 0.15) is 0 Å². The molecule has 7 atom stereocenters. The van der Waals surface area contributed by atoms with E-state index >= 15 is 0 Å². The summed E-state index contributed by atoms with van der Waals surface area (Å²) in [6.07, 6.45) is 5.03. The average Bonchev–Trinajstić information content (AvgIpc) is 3.24. The van der Waals surface area contributed by atoms with Gasteiger partial charge in [-0.1, -0.05) is 39.0 Å². The number of anilines is 1. The maximum atomic E-state index is 13.9. The highest BCUT2D eigenvalue weighted by atomic mass is 32.2. The number of allylic oxidation sites excluding steroid dienone is 1. The van der Waals surface area contributed by atoms with Crippen molar-refractivity contribution in [3.63, 3.8) is 0 Å². The lowest BCUT2D eigenvalue weighted by molar-refractivity contribution is -0.124. The van der Waals surface area contributed by atoms with Crippen molar-refractivity contribution in [1.29, 1.82) is 0 Å². The van der Waals surface area contributed by atoms with Crippen LogP contribution < -0.4 is 4.90 Å². The molecular weight excluding hydrogens is 410 g/mol. The van der Waals surface area contributed by atoms with Gasteiger partial charge in [0, 0.05) is 17.3 Å². The Morgan fingerprint density at radius 1 is 1.10 bits per heavy atom. The summed E-state index contributed by atoms with van der Waals surface area (Å²) in [6.45, 7) is 6.94. The first-order chi connectivity index (χ1) is 14.7. The predicted octanol–water partition coefficient (Wildman–Crippen LogP) is 4.06. The lowest BCUT2D eigenvalue weighted by atomic mass is 9.71. The molecule has 2 amide bonds. The van der Waals surface area contributed by atoms with E-state index < -0.39 is 28.7 Å². The largest absolute Gasteiger partial charge is 0.376 e. The minimum absolute atomic E-state index is 0.0361. The number of imide groups is 1. The van der Waals surface area contributed by atoms with Crippen molar-refractivity contribution in [1.82, 2.24) is 0 Å². The average molecular weight is 442 g/mol. The zero-order valence-corrected chi connectivity index (χ0v) is 19.5. The van der Waals surface area contributed by atoms with E-state index in [1.54, 1.807) is 19.2 Å². The quantitative estimate of drug-likeness (QED) is 0.661. The zero-order valence-electron chi connectivity index (χ0n) is 18.7. The maximum Gasteiger partial charge on any atom is 0.240 e. The Hall–Kier alpha value is -1.79. The van der Waals surface area contributed by atoms with E-state index in [-0.39, 0.29) is 27.9 Å². The van der Waals surface area contributed by atoms with Crippen LogP contribution in [0.1, 0.15) is 46.5 Å². The van der Waals surface area contributed by atoms with E-state index in [0.717, 1.165) is 17.7 Å². The van der Waals surface area contributed by atoms with Gasteiger partial charge < -0.3 is 4.74 Å². The third kappa shape index (κ3) is 2.80. The lowest BCUT2D eigenvalue weighted by Crippen LogP contribution is -2.40. The van der Waals surface area contributed by atoms with Crippen molar-refractivity contribution < 1.29 is 18.5 Å². The molecule has 166 valence electrons. The first-order valence-corrected chi connectivity index (χ1v) is 12.5. The number of methoxy groups -OCH3 is 1. The molecular formula is C25H31NO4S. The molecule has 3 aliphatic carbocycles. The number of hydrogen-bond acceptors (Lipinski definition) is 4. The van der Waals surface area contributed by atoms with E-state index in [1.165, 1.54) is 11.3 Å². The van der Waals surface area contributed by atoms with Gasteiger partial charge in [-0.05, 0) is 60.6 Å². The van der Waals surface area contributed by atoms with Crippen LogP contribution in [-0.4, -0.2) is 34.5 Å². The van der Waals surface area contributed by atoms with Crippen LogP contribution >= 0.6 is 0 Å². The second-order valence-electron chi connectivity index (χ2n) is 10.4. The first kappa shape index (κ1) is 21.1. The van der Waals surface area contributed by atoms with Crippen molar-refractivity contribution >= 4 is 28.3 Å². The number of carbonyl (C=O) groups excluding carboxylic acids is 2. The molecule has 1 heterocycles. The number of benzene rings is 1. The number of hydrogen-bond donors (Lipinski definition) is 0. The highest BCUT2D eigenvalue weighted by Crippen LogP contribution is 2.67. The normalized spacial score (nSPS) is 39.5. The van der Waals surface area contributed by atoms with Crippen LogP contribution in [0, 0.1) is 28.6 Å². The van der Waals surface area contributed by atoms with Crippen LogP contribution in [0.4, 0.5) is 5.69 Å². The SMILES string of the molecule is CO[C@@H]1C=C(S(=O)C2CC3CCC2(C)C3(C)C)C[C@@H]2C(=O)N(c3ccccc3)C(=O)[C@@H]21. The third-order valence-electron chi connectivity index (χ3n) is 9.12. The summed E-state index contributed by atoms with van der Waals surface area (Å²) in [5, 5.41) is 0.0963. The number of nitrogens with zero attached hydrogens (tertiary/aromatic N) is 1. The molecule has 1 aromatic rings. The van der Waals surface area contributed by atoms with Gasteiger partial charge in [-0.25, -0.2) is 4.90 Å². The first-order valence-electron chi connectivity index (χ1n) is 11.3. The molecule has 6 heteroatoms. The van der Waals surface area contributed by atoms with Gasteiger partial charge in [0.25, 0.3) is 0 Å². The van der Waals surface area contributed by atoms with Crippen LogP contribution in [0.15, 0.2) is 41.3 Å². The molecule has 0 N–H and O–H groups in total. The van der Waals surface area contributed by atoms with Gasteiger partial charge in [0.2, 0.25) is 11.8 Å². The molecule has 0 radical (unpaired) electrons. The summed E-state index contributed by atoms with van der Waals surface area (Å²) in [5.74, 6) is -0.885. The fourth-order valence-corrected chi connectivity index (χ4v) is 9.02. The Bertz CT molecular complexity index is 986. The van der Waals surface area contributed by atoms with Crippen LogP contribution in [0.3, 0.4) is 0 Å². The molecule has 4 aliphatic rings. The third-order valence-corrected chi connectivity index (χ3v) is 11.2. The molecule has 0 spiro atoms. The van der Waals surface area contributed by atoms with Crippen molar-refractivity contribution in [3.05, 3.63) is 41.3 Å². The fraction of sp³-hybridized carbons (Fsp3) is 0.600. The van der Waals surface area contributed by atoms with E-state index in [0.29, 0.717) is 18.0 Å². The van der Waals surface area contributed by atoms with Gasteiger partial charge in [0.15, 0.2) is 0 Å². The van der Waals surface area contributed by atoms with Gasteiger partial charge in [-0.3, -0.25) is 13.8 Å². The molecule has 1 saturated heterocycles. The zero-order chi connectivity index (χ0) is 22.1. The molecule has 2 saturated carbocycles. The van der Waals surface area contributed by atoms with Crippen LogP contribution in [-0.2, 0) is 25.1 Å². The van der Waals surface area contributed by atoms with E-state index in [2.05, 4.69) is 20.8 Å². The minimum atomic E-state index is -1.18. The fourth-order valence-electron chi connectivity index (χ4n) is 6.74. The summed E-state index contributed by atoms with van der Waals surface area (Å²) in [5.41, 5.74) is 0.801. The standard InChI is InChI=1S/C25H31NO4S/c1-24(2)15-10-11-25(24,3)20(12-15)31(29)17-13-18-21(19(14-17)30-4)23(28)26(22(18)27)16-8-6-5-7-9-16/h5-9,14-15,18-21H,10-13H2,1-4H3/t15?,18-,19+,20?,21-,25?,31?/m0/s1. The Labute approximate surface area is 186 Å². The summed E-state index contributed by atoms with van der Waals surface area (Å²) >= 11 is 0. The maximum absolute atomic E-state index is 13.9. The molecule has 2 bridgehead atoms. The Kier molecular flexibility index (Phi) is 4.83. The Morgan fingerprint density at radius 3 is 2.39 bits per heavy atom. The van der Waals surface area contributed by atoms with Crippen LogP contribution in [0.2, 0.25) is 0 Å². The Morgan fingerprint density at radius 2 is 1.81 bits per heavy atom. The van der Waals surface area contributed by atoms with Gasteiger partial charge in [-0.15, -0.1) is 0 Å². The topological polar surface area (TPSA) is 63.7 Å². The number of fused-ring (bicyclic) bond motifs is 3. The van der Waals surface area contributed by atoms with Crippen LogP contribution in [0.5, 0.6) is 0 Å². The summed E-state index contributed by atoms with van der Waals surface area (Å²) in [4.78, 5) is 28.6. The highest BCUT2D eigenvalue weighted by molar-refractivity contribution is 7.89. The summed E-state index contributed by atoms with van der Waals surface area (Å²) in [6, 6.07) is 9.06. The Balaban J connectivity index is 1.45. The number of rotatable bonds is 4. The number of carbonyl (C=O) groups is 2. The minimum Gasteiger partial charge on any atom is -0.376 e. The summed E-state index contributed by atoms with van der Waals surface area (Å²) < 4.78 is 19.5. The van der Waals surface area contributed by atoms with Crippen molar-refractivity contribution in [2.45, 2.75) is 57.8 Å². The second kappa shape index (κ2) is 7.11. The van der Waals surface area contributed by atoms with Gasteiger partial charge in [0.05, 0.1) is 34.4 Å². The lowest BCUT2D eigenvalue weighted by Gasteiger charge is -2.39. The monoisotopic (exact) mass is 441 g/mol. The number of para-hydroxylation sites is 1. The van der Waals surface area contributed by atoms with Crippen molar-refractivity contribution in [2.75, 3.05) is 12.0 Å². The predicted molar refractivity (Wildman–Crippen MR) is 121 cm³/mol. The highest BCUT2D eigenvalue weighted by Gasteiger charge is 2.63. The molecule has 0 aromatic heterocycles. The summed E-state index contributed by atoms with van der Waals surface area (Å²) in [7, 11) is 0.383. The molecule has 31 heavy (non-hydrogen) atoms. The molecule has 5 nitrogen and oxygen atoms in total.